The van der Waals surface area contributed by atoms with Gasteiger partial charge in [0.1, 0.15) is 0 Å². The fraction of sp³-hybridized carbons (Fsp3) is 0.250. The number of carboxylic acid groups (broad SMARTS) is 1. The van der Waals surface area contributed by atoms with Crippen LogP contribution in [0.4, 0.5) is 0 Å². The van der Waals surface area contributed by atoms with Gasteiger partial charge in [-0.2, -0.15) is 0 Å². The van der Waals surface area contributed by atoms with Crippen LogP contribution in [0.25, 0.3) is 6.08 Å². The maximum absolute atomic E-state index is 10.4. The van der Waals surface area contributed by atoms with Gasteiger partial charge in [-0.05, 0) is 36.1 Å². The lowest BCUT2D eigenvalue weighted by atomic mass is 10.1. The fourth-order valence-electron chi connectivity index (χ4n) is 1.81. The van der Waals surface area contributed by atoms with Gasteiger partial charge in [0.2, 0.25) is 0 Å². The van der Waals surface area contributed by atoms with E-state index in [1.165, 1.54) is 16.7 Å². The van der Waals surface area contributed by atoms with Crippen molar-refractivity contribution in [2.24, 2.45) is 0 Å². The predicted octanol–water partition coefficient (Wildman–Crippen LogP) is 3.25. The van der Waals surface area contributed by atoms with Crippen molar-refractivity contribution in [2.75, 3.05) is 0 Å². The molecule has 0 atom stereocenters. The summed E-state index contributed by atoms with van der Waals surface area (Å²) < 4.78 is 1.08. The summed E-state index contributed by atoms with van der Waals surface area (Å²) in [5.74, 6) is -0.729. The molecule has 3 heteroatoms. The van der Waals surface area contributed by atoms with Crippen LogP contribution in [0.5, 0.6) is 0 Å². The van der Waals surface area contributed by atoms with Crippen LogP contribution in [-0.2, 0) is 11.2 Å². The number of fused-ring (bicyclic) bond motifs is 1. The lowest BCUT2D eigenvalue weighted by Gasteiger charge is -1.99. The van der Waals surface area contributed by atoms with E-state index in [4.69, 9.17) is 5.11 Å². The Kier molecular flexibility index (Phi) is 2.91. The van der Waals surface area contributed by atoms with Gasteiger partial charge in [-0.15, -0.1) is 0 Å². The third kappa shape index (κ3) is 2.48. The molecular weight excluding hydrogens is 256 g/mol. The average molecular weight is 267 g/mol. The monoisotopic (exact) mass is 266 g/mol. The second-order valence-electron chi connectivity index (χ2n) is 3.72. The highest BCUT2D eigenvalue weighted by molar-refractivity contribution is 9.10. The minimum atomic E-state index is -0.729. The molecule has 0 spiro atoms. The highest BCUT2D eigenvalue weighted by atomic mass is 79.9. The molecule has 78 valence electrons. The summed E-state index contributed by atoms with van der Waals surface area (Å²) >= 11 is 3.43. The largest absolute Gasteiger partial charge is 0.481 e. The van der Waals surface area contributed by atoms with Gasteiger partial charge in [-0.25, -0.2) is 0 Å². The Morgan fingerprint density at radius 1 is 1.47 bits per heavy atom. The molecule has 15 heavy (non-hydrogen) atoms. The van der Waals surface area contributed by atoms with E-state index in [9.17, 15) is 4.79 Å². The quantitative estimate of drug-likeness (QED) is 0.912. The number of hydrogen-bond donors (Lipinski definition) is 1. The van der Waals surface area contributed by atoms with E-state index in [1.54, 1.807) is 0 Å². The first-order chi connectivity index (χ1) is 7.15. The van der Waals surface area contributed by atoms with E-state index in [1.807, 2.05) is 6.07 Å². The molecule has 0 aromatic heterocycles. The van der Waals surface area contributed by atoms with Crippen molar-refractivity contribution in [1.29, 1.82) is 0 Å². The van der Waals surface area contributed by atoms with Gasteiger partial charge in [0.05, 0.1) is 0 Å². The average Bonchev–Trinajstić information content (AvgIpc) is 2.56. The fourth-order valence-corrected chi connectivity index (χ4v) is 2.22. The Hall–Kier alpha value is -1.09. The zero-order valence-corrected chi connectivity index (χ0v) is 9.75. The first-order valence-electron chi connectivity index (χ1n) is 4.85. The molecule has 0 saturated heterocycles. The molecule has 0 heterocycles. The molecular formula is C12H11BrO2. The topological polar surface area (TPSA) is 37.3 Å². The molecule has 0 bridgehead atoms. The first kappa shape index (κ1) is 10.4. The van der Waals surface area contributed by atoms with E-state index >= 15 is 0 Å². The molecule has 2 nitrogen and oxygen atoms in total. The van der Waals surface area contributed by atoms with Gasteiger partial charge in [-0.3, -0.25) is 4.79 Å². The minimum Gasteiger partial charge on any atom is -0.481 e. The van der Waals surface area contributed by atoms with Crippen LogP contribution in [0.2, 0.25) is 0 Å². The molecule has 1 aromatic carbocycles. The van der Waals surface area contributed by atoms with Crippen molar-refractivity contribution in [2.45, 2.75) is 19.3 Å². The van der Waals surface area contributed by atoms with Crippen molar-refractivity contribution >= 4 is 28.0 Å². The number of hydrogen-bond acceptors (Lipinski definition) is 1. The maximum Gasteiger partial charge on any atom is 0.303 e. The Morgan fingerprint density at radius 2 is 2.27 bits per heavy atom. The zero-order valence-electron chi connectivity index (χ0n) is 8.16. The molecule has 1 aliphatic rings. The molecule has 0 saturated carbocycles. The van der Waals surface area contributed by atoms with Gasteiger partial charge >= 0.3 is 5.97 Å². The van der Waals surface area contributed by atoms with Crippen molar-refractivity contribution in [3.63, 3.8) is 0 Å². The molecule has 1 aromatic rings. The number of carboxylic acids is 1. The Labute approximate surface area is 96.7 Å². The van der Waals surface area contributed by atoms with Crippen LogP contribution >= 0.6 is 15.9 Å². The minimum absolute atomic E-state index is 0.223. The molecule has 0 unspecified atom stereocenters. The van der Waals surface area contributed by atoms with Crippen molar-refractivity contribution < 1.29 is 9.90 Å². The first-order valence-corrected chi connectivity index (χ1v) is 5.64. The van der Waals surface area contributed by atoms with Crippen molar-refractivity contribution in [3.05, 3.63) is 39.4 Å². The number of halogens is 1. The number of aliphatic carboxylic acids is 1. The summed E-state index contributed by atoms with van der Waals surface area (Å²) in [5, 5.41) is 8.60. The van der Waals surface area contributed by atoms with Gasteiger partial charge in [0.25, 0.3) is 0 Å². The Morgan fingerprint density at radius 3 is 3.00 bits per heavy atom. The molecule has 0 amide bonds. The maximum atomic E-state index is 10.4. The molecule has 0 radical (unpaired) electrons. The second-order valence-corrected chi connectivity index (χ2v) is 4.63. The molecule has 0 aliphatic heterocycles. The number of allylic oxidation sites excluding steroid dienone is 1. The van der Waals surface area contributed by atoms with E-state index in [0.717, 1.165) is 10.9 Å². The van der Waals surface area contributed by atoms with E-state index in [0.29, 0.717) is 6.42 Å². The number of rotatable bonds is 3. The van der Waals surface area contributed by atoms with Gasteiger partial charge in [0, 0.05) is 10.9 Å². The third-order valence-electron chi connectivity index (χ3n) is 2.54. The van der Waals surface area contributed by atoms with Crippen molar-refractivity contribution in [1.82, 2.24) is 0 Å². The lowest BCUT2D eigenvalue weighted by molar-refractivity contribution is -0.136. The van der Waals surface area contributed by atoms with Crippen LogP contribution in [0.15, 0.2) is 28.2 Å². The highest BCUT2D eigenvalue weighted by Gasteiger charge is 2.13. The van der Waals surface area contributed by atoms with Crippen LogP contribution < -0.4 is 0 Å². The highest BCUT2D eigenvalue weighted by Crippen LogP contribution is 2.29. The van der Waals surface area contributed by atoms with Crippen LogP contribution in [0.3, 0.4) is 0 Å². The Bertz CT molecular complexity index is 435. The van der Waals surface area contributed by atoms with Gasteiger partial charge in [-0.1, -0.05) is 33.6 Å². The lowest BCUT2D eigenvalue weighted by Crippen LogP contribution is -1.95. The van der Waals surface area contributed by atoms with Crippen LogP contribution in [0, 0.1) is 0 Å². The molecule has 1 aliphatic carbocycles. The van der Waals surface area contributed by atoms with Crippen molar-refractivity contribution in [3.8, 4) is 0 Å². The molecule has 0 fully saturated rings. The molecule has 2 rings (SSSR count). The van der Waals surface area contributed by atoms with E-state index in [-0.39, 0.29) is 6.42 Å². The third-order valence-corrected chi connectivity index (χ3v) is 3.04. The summed E-state index contributed by atoms with van der Waals surface area (Å²) in [6.45, 7) is 0. The summed E-state index contributed by atoms with van der Waals surface area (Å²) in [6.07, 6.45) is 3.87. The van der Waals surface area contributed by atoms with E-state index in [2.05, 4.69) is 34.1 Å². The van der Waals surface area contributed by atoms with Gasteiger partial charge in [0.15, 0.2) is 0 Å². The number of carbonyl (C=O) groups is 1. The van der Waals surface area contributed by atoms with Gasteiger partial charge < -0.3 is 5.11 Å². The summed E-state index contributed by atoms with van der Waals surface area (Å²) in [4.78, 5) is 10.4. The predicted molar refractivity (Wildman–Crippen MR) is 62.7 cm³/mol. The molecule has 1 N–H and O–H groups in total. The van der Waals surface area contributed by atoms with Crippen LogP contribution in [-0.4, -0.2) is 11.1 Å². The SMILES string of the molecule is O=C(O)CCC1=Cc2ccc(Br)cc2C1. The summed E-state index contributed by atoms with van der Waals surface area (Å²) in [5.41, 5.74) is 3.72. The zero-order chi connectivity index (χ0) is 10.8. The second kappa shape index (κ2) is 4.19. The normalized spacial score (nSPS) is 13.5. The van der Waals surface area contributed by atoms with E-state index < -0.39 is 5.97 Å². The Balaban J connectivity index is 2.08. The van der Waals surface area contributed by atoms with Crippen LogP contribution in [0.1, 0.15) is 24.0 Å². The smallest absolute Gasteiger partial charge is 0.303 e. The summed E-state index contributed by atoms with van der Waals surface area (Å²) in [7, 11) is 0. The summed E-state index contributed by atoms with van der Waals surface area (Å²) in [6, 6.07) is 6.17. The number of benzene rings is 1. The standard InChI is InChI=1S/C12H11BrO2/c13-11-3-2-9-5-8(1-4-12(14)15)6-10(9)7-11/h2-3,5,7H,1,4,6H2,(H,14,15).